The molecule has 0 saturated carbocycles. The van der Waals surface area contributed by atoms with Gasteiger partial charge in [-0.25, -0.2) is 0 Å². The molecule has 2 N–H and O–H groups in total. The molecule has 2 aromatic carbocycles. The minimum absolute atomic E-state index is 0.00367. The SMILES string of the molecule is OCC1CC(O)CCN1CCCCCOCc1ccc(-c2cc(C(F)(F)F)cc(C(F)(F)F)c2)cc1. The summed E-state index contributed by atoms with van der Waals surface area (Å²) in [7, 11) is 0. The maximum atomic E-state index is 13.1. The molecular formula is C26H31F6NO3. The molecule has 0 bridgehead atoms. The molecule has 1 aliphatic heterocycles. The van der Waals surface area contributed by atoms with E-state index in [-0.39, 0.29) is 42.6 Å². The Morgan fingerprint density at radius 1 is 0.861 bits per heavy atom. The zero-order chi connectivity index (χ0) is 26.3. The second-order valence-corrected chi connectivity index (χ2v) is 9.16. The molecule has 10 heteroatoms. The van der Waals surface area contributed by atoms with Crippen LogP contribution in [0.15, 0.2) is 42.5 Å². The maximum absolute atomic E-state index is 13.1. The third-order valence-electron chi connectivity index (χ3n) is 6.40. The van der Waals surface area contributed by atoms with Gasteiger partial charge in [0.25, 0.3) is 0 Å². The predicted molar refractivity (Wildman–Crippen MR) is 123 cm³/mol. The number of benzene rings is 2. The number of hydrogen-bond donors (Lipinski definition) is 2. The lowest BCUT2D eigenvalue weighted by molar-refractivity contribution is -0.143. The quantitative estimate of drug-likeness (QED) is 0.303. The summed E-state index contributed by atoms with van der Waals surface area (Å²) >= 11 is 0. The fraction of sp³-hybridized carbons (Fsp3) is 0.538. The Morgan fingerprint density at radius 2 is 1.50 bits per heavy atom. The van der Waals surface area contributed by atoms with Crippen molar-refractivity contribution in [1.82, 2.24) is 4.90 Å². The Bertz CT molecular complexity index is 929. The van der Waals surface area contributed by atoms with E-state index in [4.69, 9.17) is 4.74 Å². The number of aliphatic hydroxyl groups is 2. The first kappa shape index (κ1) is 28.4. The van der Waals surface area contributed by atoms with Crippen molar-refractivity contribution in [2.24, 2.45) is 0 Å². The number of piperidine rings is 1. The Labute approximate surface area is 206 Å². The largest absolute Gasteiger partial charge is 0.416 e. The van der Waals surface area contributed by atoms with Crippen LogP contribution in [-0.2, 0) is 23.7 Å². The van der Waals surface area contributed by atoms with Gasteiger partial charge in [0.2, 0.25) is 0 Å². The van der Waals surface area contributed by atoms with E-state index >= 15 is 0 Å². The molecular weight excluding hydrogens is 488 g/mol. The Balaban J connectivity index is 1.46. The average Bonchev–Trinajstić information content (AvgIpc) is 2.83. The van der Waals surface area contributed by atoms with E-state index in [0.717, 1.165) is 56.5 Å². The fourth-order valence-electron chi connectivity index (χ4n) is 4.36. The lowest BCUT2D eigenvalue weighted by Gasteiger charge is -2.36. The van der Waals surface area contributed by atoms with E-state index in [1.807, 2.05) is 0 Å². The second-order valence-electron chi connectivity index (χ2n) is 9.16. The van der Waals surface area contributed by atoms with Crippen LogP contribution in [0.25, 0.3) is 11.1 Å². The molecule has 1 fully saturated rings. The summed E-state index contributed by atoms with van der Waals surface area (Å²) < 4.78 is 84.3. The van der Waals surface area contributed by atoms with Gasteiger partial charge >= 0.3 is 12.4 Å². The highest BCUT2D eigenvalue weighted by molar-refractivity contribution is 5.66. The van der Waals surface area contributed by atoms with Crippen molar-refractivity contribution in [3.63, 3.8) is 0 Å². The van der Waals surface area contributed by atoms with Crippen molar-refractivity contribution < 1.29 is 41.3 Å². The number of unbranched alkanes of at least 4 members (excludes halogenated alkanes) is 2. The molecule has 1 heterocycles. The van der Waals surface area contributed by atoms with Gasteiger partial charge in [-0.2, -0.15) is 26.3 Å². The van der Waals surface area contributed by atoms with Gasteiger partial charge in [-0.15, -0.1) is 0 Å². The van der Waals surface area contributed by atoms with Gasteiger partial charge in [0, 0.05) is 19.2 Å². The maximum Gasteiger partial charge on any atom is 0.416 e. The van der Waals surface area contributed by atoms with Crippen LogP contribution < -0.4 is 0 Å². The molecule has 0 aromatic heterocycles. The van der Waals surface area contributed by atoms with Crippen LogP contribution in [-0.4, -0.2) is 53.6 Å². The molecule has 2 atom stereocenters. The van der Waals surface area contributed by atoms with E-state index in [1.54, 1.807) is 12.1 Å². The number of halogens is 6. The van der Waals surface area contributed by atoms with Gasteiger partial charge in [-0.1, -0.05) is 24.3 Å². The topological polar surface area (TPSA) is 52.9 Å². The first-order valence-corrected chi connectivity index (χ1v) is 12.0. The monoisotopic (exact) mass is 519 g/mol. The predicted octanol–water partition coefficient (Wildman–Crippen LogP) is 5.90. The highest BCUT2D eigenvalue weighted by Gasteiger charge is 2.37. The van der Waals surface area contributed by atoms with Crippen molar-refractivity contribution >= 4 is 0 Å². The number of aliphatic hydroxyl groups excluding tert-OH is 2. The first-order chi connectivity index (χ1) is 17.0. The number of rotatable bonds is 10. The molecule has 0 radical (unpaired) electrons. The van der Waals surface area contributed by atoms with Gasteiger partial charge in [-0.05, 0) is 73.5 Å². The van der Waals surface area contributed by atoms with Crippen LogP contribution >= 0.6 is 0 Å². The smallest absolute Gasteiger partial charge is 0.395 e. The Hall–Kier alpha value is -2.14. The van der Waals surface area contributed by atoms with Crippen LogP contribution in [0.3, 0.4) is 0 Å². The van der Waals surface area contributed by atoms with E-state index in [9.17, 15) is 36.6 Å². The third-order valence-corrected chi connectivity index (χ3v) is 6.40. The van der Waals surface area contributed by atoms with Gasteiger partial charge in [0.15, 0.2) is 0 Å². The summed E-state index contributed by atoms with van der Waals surface area (Å²) in [6.07, 6.45) is -6.09. The molecule has 1 saturated heterocycles. The van der Waals surface area contributed by atoms with E-state index in [2.05, 4.69) is 4.90 Å². The fourth-order valence-corrected chi connectivity index (χ4v) is 4.36. The standard InChI is InChI=1S/C26H31F6NO3/c27-25(28,29)21-12-20(13-22(14-21)26(30,31)32)19-6-4-18(5-7-19)17-36-11-3-1-2-9-33-10-8-24(35)15-23(33)16-34/h4-7,12-14,23-24,34-35H,1-3,8-11,15-17H2. The van der Waals surface area contributed by atoms with Crippen LogP contribution in [0, 0.1) is 0 Å². The van der Waals surface area contributed by atoms with Crippen molar-refractivity contribution in [3.05, 3.63) is 59.2 Å². The molecule has 0 aliphatic carbocycles. The minimum atomic E-state index is -4.89. The molecule has 0 spiro atoms. The normalized spacial score (nSPS) is 19.6. The highest BCUT2D eigenvalue weighted by Crippen LogP contribution is 2.38. The van der Waals surface area contributed by atoms with E-state index in [1.165, 1.54) is 12.1 Å². The van der Waals surface area contributed by atoms with Gasteiger partial charge in [-0.3, -0.25) is 4.90 Å². The lowest BCUT2D eigenvalue weighted by Crippen LogP contribution is -2.46. The van der Waals surface area contributed by atoms with E-state index in [0.29, 0.717) is 13.0 Å². The van der Waals surface area contributed by atoms with Gasteiger partial charge < -0.3 is 14.9 Å². The molecule has 3 rings (SSSR count). The minimum Gasteiger partial charge on any atom is -0.395 e. The molecule has 200 valence electrons. The lowest BCUT2D eigenvalue weighted by atomic mass is 9.98. The molecule has 4 nitrogen and oxygen atoms in total. The number of nitrogens with zero attached hydrogens (tertiary/aromatic N) is 1. The molecule has 2 aromatic rings. The Morgan fingerprint density at radius 3 is 2.08 bits per heavy atom. The van der Waals surface area contributed by atoms with E-state index < -0.39 is 23.5 Å². The van der Waals surface area contributed by atoms with Crippen LogP contribution in [0.2, 0.25) is 0 Å². The van der Waals surface area contributed by atoms with Crippen LogP contribution in [0.5, 0.6) is 0 Å². The van der Waals surface area contributed by atoms with Crippen molar-refractivity contribution in [2.45, 2.75) is 63.2 Å². The number of hydrogen-bond acceptors (Lipinski definition) is 4. The Kier molecular flexibility index (Phi) is 9.79. The molecule has 36 heavy (non-hydrogen) atoms. The van der Waals surface area contributed by atoms with Crippen molar-refractivity contribution in [1.29, 1.82) is 0 Å². The molecule has 2 unspecified atom stereocenters. The van der Waals surface area contributed by atoms with Crippen LogP contribution in [0.4, 0.5) is 26.3 Å². The summed E-state index contributed by atoms with van der Waals surface area (Å²) in [5, 5.41) is 19.2. The summed E-state index contributed by atoms with van der Waals surface area (Å²) in [5.41, 5.74) is -1.83. The summed E-state index contributed by atoms with van der Waals surface area (Å²) in [4.78, 5) is 2.21. The second kappa shape index (κ2) is 12.4. The summed E-state index contributed by atoms with van der Waals surface area (Å²) in [6, 6.07) is 7.79. The molecule has 0 amide bonds. The zero-order valence-corrected chi connectivity index (χ0v) is 19.8. The third kappa shape index (κ3) is 8.19. The van der Waals surface area contributed by atoms with Crippen LogP contribution in [0.1, 0.15) is 48.8 Å². The average molecular weight is 520 g/mol. The van der Waals surface area contributed by atoms with Crippen molar-refractivity contribution in [2.75, 3.05) is 26.3 Å². The molecule has 1 aliphatic rings. The summed E-state index contributed by atoms with van der Waals surface area (Å²) in [6.45, 7) is 2.47. The number of ether oxygens (including phenoxy) is 1. The van der Waals surface area contributed by atoms with Gasteiger partial charge in [0.05, 0.1) is 30.4 Å². The van der Waals surface area contributed by atoms with Crippen molar-refractivity contribution in [3.8, 4) is 11.1 Å². The zero-order valence-electron chi connectivity index (χ0n) is 19.8. The van der Waals surface area contributed by atoms with Gasteiger partial charge in [0.1, 0.15) is 0 Å². The highest BCUT2D eigenvalue weighted by atomic mass is 19.4. The first-order valence-electron chi connectivity index (χ1n) is 12.0. The number of alkyl halides is 6. The summed E-state index contributed by atoms with van der Waals surface area (Å²) in [5.74, 6) is 0. The number of likely N-dealkylation sites (tertiary alicyclic amines) is 1.